The number of hydrogen-bond donors (Lipinski definition) is 1. The molecule has 2 aliphatic heterocycles. The molecule has 37 heavy (non-hydrogen) atoms. The van der Waals surface area contributed by atoms with Gasteiger partial charge in [0.05, 0.1) is 19.3 Å². The molecule has 2 bridgehead atoms. The van der Waals surface area contributed by atoms with Gasteiger partial charge in [-0.25, -0.2) is 0 Å². The summed E-state index contributed by atoms with van der Waals surface area (Å²) in [4.78, 5) is 18.0. The molecule has 6 heteroatoms. The average Bonchev–Trinajstić information content (AvgIpc) is 3.50. The van der Waals surface area contributed by atoms with Gasteiger partial charge >= 0.3 is 0 Å². The number of aliphatic hydroxyl groups is 1. The third-order valence-electron chi connectivity index (χ3n) is 10.0. The lowest BCUT2D eigenvalue weighted by Gasteiger charge is -2.60. The number of likely N-dealkylation sites (tertiary alicyclic amines) is 1. The largest absolute Gasteiger partial charge is 0.493 e. The molecule has 5 aliphatic rings. The van der Waals surface area contributed by atoms with Crippen molar-refractivity contribution < 1.29 is 19.4 Å². The van der Waals surface area contributed by atoms with Crippen molar-refractivity contribution >= 4 is 12.0 Å². The summed E-state index contributed by atoms with van der Waals surface area (Å²) in [6, 6.07) is 14.7. The minimum atomic E-state index is -0.121. The lowest BCUT2D eigenvalue weighted by atomic mass is 9.51. The summed E-state index contributed by atoms with van der Waals surface area (Å²) >= 11 is 0. The SMILES string of the molecule is COc1ccc2c3c1O[C@H]1[C@H](N(C)C(=O)C=Cc4ccccc4)CC[C@H]4[C@@H](C2)N(CC2CC2O)CC[C@@]341. The second-order valence-corrected chi connectivity index (χ2v) is 11.7. The number of aliphatic hydroxyl groups excluding tert-OH is 1. The summed E-state index contributed by atoms with van der Waals surface area (Å²) < 4.78 is 12.7. The quantitative estimate of drug-likeness (QED) is 0.614. The van der Waals surface area contributed by atoms with Crippen molar-refractivity contribution in [1.82, 2.24) is 9.80 Å². The molecule has 3 aliphatic carbocycles. The maximum atomic E-state index is 13.4. The second-order valence-electron chi connectivity index (χ2n) is 11.7. The molecule has 6 nitrogen and oxygen atoms in total. The maximum Gasteiger partial charge on any atom is 0.246 e. The first-order chi connectivity index (χ1) is 18.0. The summed E-state index contributed by atoms with van der Waals surface area (Å²) in [6.07, 6.45) is 8.39. The van der Waals surface area contributed by atoms with Gasteiger partial charge in [0.15, 0.2) is 11.5 Å². The number of benzene rings is 2. The number of amides is 1. The lowest BCUT2D eigenvalue weighted by Crippen LogP contribution is -2.69. The molecule has 0 aromatic heterocycles. The van der Waals surface area contributed by atoms with E-state index in [1.165, 1.54) is 11.1 Å². The molecule has 2 unspecified atom stereocenters. The van der Waals surface area contributed by atoms with Gasteiger partial charge in [-0.3, -0.25) is 9.69 Å². The van der Waals surface area contributed by atoms with Crippen LogP contribution in [0.2, 0.25) is 0 Å². The van der Waals surface area contributed by atoms with E-state index < -0.39 is 0 Å². The molecule has 2 aromatic carbocycles. The number of likely N-dealkylation sites (N-methyl/N-ethyl adjacent to an activating group) is 1. The van der Waals surface area contributed by atoms with Gasteiger partial charge in [0, 0.05) is 42.6 Å². The van der Waals surface area contributed by atoms with E-state index in [1.807, 2.05) is 48.4 Å². The molecule has 1 spiro atoms. The van der Waals surface area contributed by atoms with Crippen molar-refractivity contribution in [2.24, 2.45) is 11.8 Å². The number of carbonyl (C=O) groups is 1. The number of piperidine rings is 1. The number of nitrogens with zero attached hydrogens (tertiary/aromatic N) is 2. The maximum absolute atomic E-state index is 13.4. The Labute approximate surface area is 218 Å². The number of hydrogen-bond acceptors (Lipinski definition) is 5. The van der Waals surface area contributed by atoms with Gasteiger partial charge in [0.25, 0.3) is 0 Å². The number of carbonyl (C=O) groups excluding carboxylic acids is 1. The Bertz CT molecular complexity index is 1250. The predicted molar refractivity (Wildman–Crippen MR) is 142 cm³/mol. The van der Waals surface area contributed by atoms with E-state index in [-0.39, 0.29) is 29.6 Å². The summed E-state index contributed by atoms with van der Waals surface area (Å²) in [5, 5.41) is 10.0. The molecule has 7 rings (SSSR count). The molecule has 2 saturated carbocycles. The van der Waals surface area contributed by atoms with Gasteiger partial charge in [-0.15, -0.1) is 0 Å². The highest BCUT2D eigenvalue weighted by molar-refractivity contribution is 5.92. The Morgan fingerprint density at radius 3 is 2.81 bits per heavy atom. The molecular weight excluding hydrogens is 464 g/mol. The van der Waals surface area contributed by atoms with Crippen molar-refractivity contribution in [2.45, 2.75) is 61.8 Å². The van der Waals surface area contributed by atoms with E-state index in [1.54, 1.807) is 13.2 Å². The van der Waals surface area contributed by atoms with Crippen LogP contribution in [0.25, 0.3) is 6.08 Å². The number of methoxy groups -OCH3 is 1. The number of ether oxygens (including phenoxy) is 2. The highest BCUT2D eigenvalue weighted by Gasteiger charge is 2.66. The summed E-state index contributed by atoms with van der Waals surface area (Å²) in [5.74, 6) is 2.65. The molecule has 1 N–H and O–H groups in total. The molecule has 7 atom stereocenters. The predicted octanol–water partition coefficient (Wildman–Crippen LogP) is 3.66. The summed E-state index contributed by atoms with van der Waals surface area (Å²) in [6.45, 7) is 2.01. The molecule has 1 amide bonds. The highest BCUT2D eigenvalue weighted by atomic mass is 16.5. The monoisotopic (exact) mass is 500 g/mol. The van der Waals surface area contributed by atoms with Crippen LogP contribution in [0.5, 0.6) is 11.5 Å². The van der Waals surface area contributed by atoms with Crippen molar-refractivity contribution in [3.8, 4) is 11.5 Å². The number of rotatable bonds is 6. The van der Waals surface area contributed by atoms with E-state index in [0.717, 1.165) is 62.3 Å². The van der Waals surface area contributed by atoms with E-state index in [0.29, 0.717) is 17.9 Å². The Balaban J connectivity index is 1.23. The van der Waals surface area contributed by atoms with Crippen LogP contribution in [0.1, 0.15) is 42.4 Å². The first kappa shape index (κ1) is 23.3. The minimum absolute atomic E-state index is 0.00434. The molecule has 2 aromatic rings. The van der Waals surface area contributed by atoms with Crippen molar-refractivity contribution in [2.75, 3.05) is 27.2 Å². The van der Waals surface area contributed by atoms with Gasteiger partial charge in [-0.2, -0.15) is 0 Å². The first-order valence-corrected chi connectivity index (χ1v) is 13.8. The average molecular weight is 501 g/mol. The Morgan fingerprint density at radius 1 is 1.24 bits per heavy atom. The summed E-state index contributed by atoms with van der Waals surface area (Å²) in [5.41, 5.74) is 3.66. The Hall–Kier alpha value is -2.83. The molecule has 3 fully saturated rings. The third-order valence-corrected chi connectivity index (χ3v) is 10.0. The Kier molecular flexibility index (Phi) is 5.42. The Morgan fingerprint density at radius 2 is 2.05 bits per heavy atom. The van der Waals surface area contributed by atoms with Crippen LogP contribution in [-0.2, 0) is 16.6 Å². The van der Waals surface area contributed by atoms with Gasteiger partial charge in [0.2, 0.25) is 5.91 Å². The molecule has 1 saturated heterocycles. The van der Waals surface area contributed by atoms with Crippen molar-refractivity contribution in [3.05, 3.63) is 65.2 Å². The van der Waals surface area contributed by atoms with Crippen LogP contribution in [0, 0.1) is 11.8 Å². The standard InChI is InChI=1S/C31H36N2O4/c1-32(27(35)13-8-19-6-4-3-5-7-19)23-11-10-22-24-16-20-9-12-26(36-2)29-28(20)31(22,30(23)37-29)14-15-33(24)18-21-17-25(21)34/h3-9,12-13,21-25,30,34H,10-11,14-18H2,1-2H3/t21?,22-,23+,24+,25?,30-,31-/m0/s1. The highest BCUT2D eigenvalue weighted by Crippen LogP contribution is 2.64. The zero-order valence-electron chi connectivity index (χ0n) is 21.7. The van der Waals surface area contributed by atoms with Gasteiger partial charge in [-0.05, 0) is 67.8 Å². The van der Waals surface area contributed by atoms with Crippen molar-refractivity contribution in [1.29, 1.82) is 0 Å². The fraction of sp³-hybridized carbons (Fsp3) is 0.516. The topological polar surface area (TPSA) is 62.2 Å². The van der Waals surface area contributed by atoms with Crippen molar-refractivity contribution in [3.63, 3.8) is 0 Å². The smallest absolute Gasteiger partial charge is 0.246 e. The van der Waals surface area contributed by atoms with E-state index in [9.17, 15) is 9.90 Å². The van der Waals surface area contributed by atoms with Gasteiger partial charge in [-0.1, -0.05) is 36.4 Å². The molecule has 0 radical (unpaired) electrons. The zero-order chi connectivity index (χ0) is 25.3. The first-order valence-electron chi connectivity index (χ1n) is 13.8. The fourth-order valence-electron chi connectivity index (χ4n) is 8.11. The fourth-order valence-corrected chi connectivity index (χ4v) is 8.11. The van der Waals surface area contributed by atoms with Gasteiger partial charge < -0.3 is 19.5 Å². The van der Waals surface area contributed by atoms with E-state index in [4.69, 9.17) is 9.47 Å². The van der Waals surface area contributed by atoms with Crippen LogP contribution in [0.3, 0.4) is 0 Å². The van der Waals surface area contributed by atoms with Crippen LogP contribution in [0.4, 0.5) is 0 Å². The van der Waals surface area contributed by atoms with Crippen LogP contribution in [0.15, 0.2) is 48.5 Å². The second kappa shape index (κ2) is 8.60. The molecular formula is C31H36N2O4. The van der Waals surface area contributed by atoms with E-state index >= 15 is 0 Å². The van der Waals surface area contributed by atoms with Gasteiger partial charge in [0.1, 0.15) is 6.10 Å². The zero-order valence-corrected chi connectivity index (χ0v) is 21.7. The lowest BCUT2D eigenvalue weighted by molar-refractivity contribution is -0.135. The third kappa shape index (κ3) is 3.48. The van der Waals surface area contributed by atoms with Crippen LogP contribution < -0.4 is 9.47 Å². The molecule has 2 heterocycles. The van der Waals surface area contributed by atoms with E-state index in [2.05, 4.69) is 17.0 Å². The summed E-state index contributed by atoms with van der Waals surface area (Å²) in [7, 11) is 3.66. The minimum Gasteiger partial charge on any atom is -0.493 e. The normalized spacial score (nSPS) is 35.1. The van der Waals surface area contributed by atoms with Crippen LogP contribution in [-0.4, -0.2) is 72.4 Å². The van der Waals surface area contributed by atoms with Crippen LogP contribution >= 0.6 is 0 Å². The molecule has 194 valence electrons.